The summed E-state index contributed by atoms with van der Waals surface area (Å²) in [5.74, 6) is 0.751. The highest BCUT2D eigenvalue weighted by Crippen LogP contribution is 2.38. The van der Waals surface area contributed by atoms with Gasteiger partial charge in [-0.3, -0.25) is 4.99 Å². The molecule has 4 nitrogen and oxygen atoms in total. The first-order valence-electron chi connectivity index (χ1n) is 15.7. The van der Waals surface area contributed by atoms with E-state index in [1.165, 1.54) is 22.3 Å². The Hall–Kier alpha value is -5.45. The summed E-state index contributed by atoms with van der Waals surface area (Å²) in [6.07, 6.45) is 8.50. The SMILES string of the molecule is CC(C)=C(/C=C\C=C\c1ccc2c(c1)oc1cccc(C(/N=C(\NCN)c3ccccc3)c3ccccc3)c12)c1ccccc1C. The molecule has 3 N–H and O–H groups in total. The molecule has 46 heavy (non-hydrogen) atoms. The standard InChI is InChI=1S/C42H39N3O/c1-29(2)34(35-22-12-10-15-30(35)3)21-13-11-16-31-25-26-36-39(27-31)46-38-24-14-23-37(40(36)38)41(32-17-6-4-7-18-32)45-42(44-28-43)33-19-8-5-9-20-33/h4-27,41H,28,43H2,1-3H3,(H,44,45)/b16-11+,21-13-. The maximum absolute atomic E-state index is 6.46. The zero-order chi connectivity index (χ0) is 31.9. The highest BCUT2D eigenvalue weighted by atomic mass is 16.3. The van der Waals surface area contributed by atoms with Gasteiger partial charge in [0.1, 0.15) is 23.0 Å². The number of aryl methyl sites for hydroxylation is 1. The summed E-state index contributed by atoms with van der Waals surface area (Å²) in [6, 6.07) is 41.4. The number of fused-ring (bicyclic) bond motifs is 3. The first-order chi connectivity index (χ1) is 22.5. The van der Waals surface area contributed by atoms with Crippen LogP contribution in [-0.2, 0) is 0 Å². The van der Waals surface area contributed by atoms with Crippen LogP contribution in [0.15, 0.2) is 155 Å². The molecule has 0 aliphatic heterocycles. The minimum atomic E-state index is -0.276. The summed E-state index contributed by atoms with van der Waals surface area (Å²) in [5, 5.41) is 5.42. The molecule has 4 heteroatoms. The highest BCUT2D eigenvalue weighted by Gasteiger charge is 2.21. The van der Waals surface area contributed by atoms with Crippen LogP contribution in [0.1, 0.15) is 53.3 Å². The number of nitrogens with zero attached hydrogens (tertiary/aromatic N) is 1. The van der Waals surface area contributed by atoms with E-state index in [4.69, 9.17) is 15.1 Å². The summed E-state index contributed by atoms with van der Waals surface area (Å²) in [6.45, 7) is 6.75. The van der Waals surface area contributed by atoms with E-state index in [2.05, 4.69) is 123 Å². The number of hydrogen-bond acceptors (Lipinski definition) is 3. The molecule has 0 saturated heterocycles. The van der Waals surface area contributed by atoms with Gasteiger partial charge in [-0.2, -0.15) is 0 Å². The van der Waals surface area contributed by atoms with Gasteiger partial charge < -0.3 is 15.5 Å². The molecule has 1 heterocycles. The molecule has 0 aliphatic carbocycles. The Balaban J connectivity index is 1.38. The molecular formula is C42H39N3O. The molecule has 0 spiro atoms. The van der Waals surface area contributed by atoms with Gasteiger partial charge >= 0.3 is 0 Å². The van der Waals surface area contributed by atoms with Crippen molar-refractivity contribution < 1.29 is 4.42 Å². The molecule has 0 aliphatic rings. The van der Waals surface area contributed by atoms with E-state index in [-0.39, 0.29) is 12.7 Å². The van der Waals surface area contributed by atoms with Gasteiger partial charge in [0, 0.05) is 16.3 Å². The second-order valence-corrected chi connectivity index (χ2v) is 11.6. The molecule has 1 unspecified atom stereocenters. The first-order valence-corrected chi connectivity index (χ1v) is 15.7. The maximum Gasteiger partial charge on any atom is 0.136 e. The van der Waals surface area contributed by atoms with Crippen LogP contribution >= 0.6 is 0 Å². The molecule has 0 radical (unpaired) electrons. The van der Waals surface area contributed by atoms with Crippen molar-refractivity contribution in [1.29, 1.82) is 0 Å². The fraction of sp³-hybridized carbons (Fsp3) is 0.119. The quantitative estimate of drug-likeness (QED) is 0.0750. The van der Waals surface area contributed by atoms with E-state index in [0.717, 1.165) is 50.0 Å². The minimum Gasteiger partial charge on any atom is -0.456 e. The zero-order valence-electron chi connectivity index (χ0n) is 26.6. The van der Waals surface area contributed by atoms with Crippen LogP contribution in [-0.4, -0.2) is 12.5 Å². The van der Waals surface area contributed by atoms with Crippen LogP contribution in [0.25, 0.3) is 33.6 Å². The van der Waals surface area contributed by atoms with Gasteiger partial charge in [-0.25, -0.2) is 0 Å². The molecule has 0 bridgehead atoms. The smallest absolute Gasteiger partial charge is 0.136 e. The number of nitrogens with two attached hydrogens (primary N) is 1. The van der Waals surface area contributed by atoms with Crippen molar-refractivity contribution in [2.45, 2.75) is 26.8 Å². The van der Waals surface area contributed by atoms with E-state index in [1.54, 1.807) is 0 Å². The maximum atomic E-state index is 6.46. The Bertz CT molecular complexity index is 2080. The average Bonchev–Trinajstić information content (AvgIpc) is 3.46. The Morgan fingerprint density at radius 2 is 1.54 bits per heavy atom. The van der Waals surface area contributed by atoms with Gasteiger partial charge in [-0.1, -0.05) is 133 Å². The van der Waals surface area contributed by atoms with E-state index in [0.29, 0.717) is 0 Å². The number of nitrogens with one attached hydrogen (secondary N) is 1. The number of rotatable bonds is 9. The third-order valence-electron chi connectivity index (χ3n) is 8.17. The molecule has 1 atom stereocenters. The summed E-state index contributed by atoms with van der Waals surface area (Å²) >= 11 is 0. The fourth-order valence-electron chi connectivity index (χ4n) is 5.92. The van der Waals surface area contributed by atoms with Crippen molar-refractivity contribution in [3.05, 3.63) is 179 Å². The van der Waals surface area contributed by atoms with E-state index < -0.39 is 0 Å². The molecule has 6 aromatic rings. The molecule has 228 valence electrons. The number of benzene rings is 5. The van der Waals surface area contributed by atoms with Gasteiger partial charge in [-0.15, -0.1) is 0 Å². The van der Waals surface area contributed by atoms with Crippen molar-refractivity contribution in [1.82, 2.24) is 5.32 Å². The lowest BCUT2D eigenvalue weighted by Gasteiger charge is -2.18. The summed E-state index contributed by atoms with van der Waals surface area (Å²) in [4.78, 5) is 5.30. The van der Waals surface area contributed by atoms with E-state index in [1.807, 2.05) is 48.5 Å². The fourth-order valence-corrected chi connectivity index (χ4v) is 5.92. The normalized spacial score (nSPS) is 12.7. The van der Waals surface area contributed by atoms with Gasteiger partial charge in [0.05, 0.1) is 6.67 Å². The van der Waals surface area contributed by atoms with Gasteiger partial charge in [0.2, 0.25) is 0 Å². The minimum absolute atomic E-state index is 0.276. The Morgan fingerprint density at radius 3 is 2.28 bits per heavy atom. The second kappa shape index (κ2) is 14.1. The molecular weight excluding hydrogens is 562 g/mol. The second-order valence-electron chi connectivity index (χ2n) is 11.6. The third kappa shape index (κ3) is 6.63. The Kier molecular flexibility index (Phi) is 9.37. The van der Waals surface area contributed by atoms with Crippen molar-refractivity contribution in [3.63, 3.8) is 0 Å². The molecule has 0 saturated carbocycles. The molecule has 0 fully saturated rings. The lowest BCUT2D eigenvalue weighted by molar-refractivity contribution is 0.668. The van der Waals surface area contributed by atoms with Crippen molar-refractivity contribution in [2.75, 3.05) is 6.67 Å². The molecule has 0 amide bonds. The number of allylic oxidation sites excluding steroid dienone is 5. The third-order valence-corrected chi connectivity index (χ3v) is 8.17. The van der Waals surface area contributed by atoms with Gasteiger partial charge in [0.15, 0.2) is 0 Å². The number of furan rings is 1. The van der Waals surface area contributed by atoms with Crippen molar-refractivity contribution in [2.24, 2.45) is 10.7 Å². The number of hydrogen-bond donors (Lipinski definition) is 2. The highest BCUT2D eigenvalue weighted by molar-refractivity contribution is 6.08. The Labute approximate surface area is 271 Å². The topological polar surface area (TPSA) is 63.5 Å². The predicted octanol–water partition coefficient (Wildman–Crippen LogP) is 10.00. The van der Waals surface area contributed by atoms with Gasteiger partial charge in [-0.05, 0) is 72.4 Å². The van der Waals surface area contributed by atoms with Gasteiger partial charge in [0.25, 0.3) is 0 Å². The van der Waals surface area contributed by atoms with Crippen LogP contribution < -0.4 is 11.1 Å². The summed E-state index contributed by atoms with van der Waals surface area (Å²) < 4.78 is 6.46. The van der Waals surface area contributed by atoms with Crippen LogP contribution in [0.4, 0.5) is 0 Å². The largest absolute Gasteiger partial charge is 0.456 e. The van der Waals surface area contributed by atoms with E-state index in [9.17, 15) is 0 Å². The van der Waals surface area contributed by atoms with Crippen LogP contribution in [0.5, 0.6) is 0 Å². The molecule has 1 aromatic heterocycles. The molecule has 5 aromatic carbocycles. The van der Waals surface area contributed by atoms with Crippen LogP contribution in [0.3, 0.4) is 0 Å². The number of aliphatic imine (C=N–C) groups is 1. The lowest BCUT2D eigenvalue weighted by atomic mass is 9.94. The monoisotopic (exact) mass is 601 g/mol. The van der Waals surface area contributed by atoms with Crippen molar-refractivity contribution in [3.8, 4) is 0 Å². The average molecular weight is 602 g/mol. The van der Waals surface area contributed by atoms with E-state index >= 15 is 0 Å². The lowest BCUT2D eigenvalue weighted by Crippen LogP contribution is -2.31. The predicted molar refractivity (Wildman–Crippen MR) is 195 cm³/mol. The zero-order valence-corrected chi connectivity index (χ0v) is 26.6. The van der Waals surface area contributed by atoms with Crippen LogP contribution in [0, 0.1) is 6.92 Å². The number of amidine groups is 1. The van der Waals surface area contributed by atoms with Crippen LogP contribution in [0.2, 0.25) is 0 Å². The Morgan fingerprint density at radius 1 is 0.804 bits per heavy atom. The summed E-state index contributed by atoms with van der Waals surface area (Å²) in [5.41, 5.74) is 16.9. The van der Waals surface area contributed by atoms with Crippen molar-refractivity contribution >= 4 is 39.4 Å². The molecule has 6 rings (SSSR count). The first kappa shape index (κ1) is 30.6. The summed E-state index contributed by atoms with van der Waals surface area (Å²) in [7, 11) is 0.